The van der Waals surface area contributed by atoms with Crippen LogP contribution in [-0.2, 0) is 9.53 Å². The summed E-state index contributed by atoms with van der Waals surface area (Å²) < 4.78 is 20.0. The van der Waals surface area contributed by atoms with Gasteiger partial charge in [0, 0.05) is 32.6 Å². The van der Waals surface area contributed by atoms with Crippen molar-refractivity contribution in [2.24, 2.45) is 0 Å². The molecule has 138 valence electrons. The summed E-state index contributed by atoms with van der Waals surface area (Å²) in [5.41, 5.74) is 0.346. The number of fused-ring (bicyclic) bond motifs is 1. The first-order chi connectivity index (χ1) is 11.7. The third-order valence-electron chi connectivity index (χ3n) is 4.10. The van der Waals surface area contributed by atoms with E-state index in [-0.39, 0.29) is 24.1 Å². The van der Waals surface area contributed by atoms with E-state index in [9.17, 15) is 9.18 Å². The third kappa shape index (κ3) is 4.88. The van der Waals surface area contributed by atoms with Crippen LogP contribution in [0, 0.1) is 5.82 Å². The lowest BCUT2D eigenvalue weighted by Crippen LogP contribution is -2.43. The molecule has 8 heteroatoms. The molecule has 1 aliphatic heterocycles. The molecule has 0 saturated carbocycles. The fourth-order valence-electron chi connectivity index (χ4n) is 2.76. The summed E-state index contributed by atoms with van der Waals surface area (Å²) in [7, 11) is 0. The van der Waals surface area contributed by atoms with E-state index in [1.54, 1.807) is 11.0 Å². The predicted molar refractivity (Wildman–Crippen MR) is 101 cm³/mol. The number of aromatic nitrogens is 1. The zero-order valence-corrected chi connectivity index (χ0v) is 15.9. The number of carbonyl (C=O) groups is 1. The number of benzene rings is 1. The summed E-state index contributed by atoms with van der Waals surface area (Å²) >= 11 is 1.37. The molecule has 0 aliphatic carbocycles. The van der Waals surface area contributed by atoms with Gasteiger partial charge in [-0.1, -0.05) is 24.3 Å². The number of anilines is 1. The lowest BCUT2D eigenvalue weighted by atomic mass is 10.3. The molecule has 0 radical (unpaired) electrons. The quantitative estimate of drug-likeness (QED) is 0.762. The molecule has 1 fully saturated rings. The van der Waals surface area contributed by atoms with Gasteiger partial charge >= 0.3 is 0 Å². The summed E-state index contributed by atoms with van der Waals surface area (Å²) in [5.74, 6) is -0.295. The van der Waals surface area contributed by atoms with Crippen molar-refractivity contribution in [2.45, 2.75) is 19.8 Å². The first-order valence-corrected chi connectivity index (χ1v) is 9.16. The monoisotopic (exact) mass is 387 g/mol. The van der Waals surface area contributed by atoms with Gasteiger partial charge in [-0.15, -0.1) is 12.4 Å². The van der Waals surface area contributed by atoms with Crippen LogP contribution in [0.3, 0.4) is 0 Å². The molecule has 1 aromatic carbocycles. The summed E-state index contributed by atoms with van der Waals surface area (Å²) in [6.45, 7) is 6.55. The number of hydrogen-bond donors (Lipinski definition) is 0. The highest BCUT2D eigenvalue weighted by Gasteiger charge is 2.21. The Labute approximate surface area is 157 Å². The van der Waals surface area contributed by atoms with Crippen LogP contribution in [0.2, 0.25) is 0 Å². The Kier molecular flexibility index (Phi) is 7.56. The van der Waals surface area contributed by atoms with Crippen molar-refractivity contribution >= 4 is 45.0 Å². The van der Waals surface area contributed by atoms with Gasteiger partial charge in [-0.25, -0.2) is 9.37 Å². The zero-order valence-electron chi connectivity index (χ0n) is 14.2. The van der Waals surface area contributed by atoms with Gasteiger partial charge in [0.05, 0.1) is 17.9 Å². The minimum atomic E-state index is -0.342. The SMILES string of the molecule is CCCC(=O)N(CCN1CCOCC1)c1nc2c(F)cccc2s1.Cl. The van der Waals surface area contributed by atoms with Gasteiger partial charge in [0.15, 0.2) is 5.13 Å². The second-order valence-corrected chi connectivity index (χ2v) is 6.84. The Bertz CT molecular complexity index is 706. The van der Waals surface area contributed by atoms with Crippen molar-refractivity contribution in [3.8, 4) is 0 Å². The standard InChI is InChI=1S/C17H22FN3O2S.ClH/c1-2-4-15(22)21(8-7-20-9-11-23-12-10-20)17-19-16-13(18)5-3-6-14(16)24-17;/h3,5-6H,2,4,7-12H2,1H3;1H. The van der Waals surface area contributed by atoms with Crippen LogP contribution < -0.4 is 4.90 Å². The number of rotatable bonds is 6. The molecule has 1 amide bonds. The van der Waals surface area contributed by atoms with E-state index in [1.165, 1.54) is 17.4 Å². The van der Waals surface area contributed by atoms with Crippen LogP contribution in [0.1, 0.15) is 19.8 Å². The molecule has 0 unspecified atom stereocenters. The molecule has 1 aliphatic rings. The van der Waals surface area contributed by atoms with Crippen LogP contribution in [0.5, 0.6) is 0 Å². The van der Waals surface area contributed by atoms with Crippen LogP contribution in [0.4, 0.5) is 9.52 Å². The number of halogens is 2. The largest absolute Gasteiger partial charge is 0.379 e. The summed E-state index contributed by atoms with van der Waals surface area (Å²) in [5, 5.41) is 0.585. The van der Waals surface area contributed by atoms with Crippen LogP contribution in [0.25, 0.3) is 10.2 Å². The fraction of sp³-hybridized carbons (Fsp3) is 0.529. The number of para-hydroxylation sites is 1. The Morgan fingerprint density at radius 2 is 2.16 bits per heavy atom. The van der Waals surface area contributed by atoms with Gasteiger partial charge in [-0.05, 0) is 18.6 Å². The van der Waals surface area contributed by atoms with Crippen molar-refractivity contribution in [1.82, 2.24) is 9.88 Å². The summed E-state index contributed by atoms with van der Waals surface area (Å²) in [6.07, 6.45) is 1.26. The van der Waals surface area contributed by atoms with Gasteiger partial charge in [0.25, 0.3) is 0 Å². The molecule has 0 spiro atoms. The second kappa shape index (κ2) is 9.43. The number of amides is 1. The fourth-order valence-corrected chi connectivity index (χ4v) is 3.78. The maximum absolute atomic E-state index is 13.9. The van der Waals surface area contributed by atoms with Crippen molar-refractivity contribution in [3.63, 3.8) is 0 Å². The molecule has 3 rings (SSSR count). The topological polar surface area (TPSA) is 45.7 Å². The van der Waals surface area contributed by atoms with Gasteiger partial charge in [0.1, 0.15) is 11.3 Å². The Morgan fingerprint density at radius 1 is 1.40 bits per heavy atom. The lowest BCUT2D eigenvalue weighted by molar-refractivity contribution is -0.118. The van der Waals surface area contributed by atoms with Crippen LogP contribution in [0.15, 0.2) is 18.2 Å². The molecule has 0 N–H and O–H groups in total. The highest BCUT2D eigenvalue weighted by atomic mass is 35.5. The third-order valence-corrected chi connectivity index (χ3v) is 5.14. The minimum absolute atomic E-state index is 0. The molecule has 5 nitrogen and oxygen atoms in total. The number of carbonyl (C=O) groups excluding carboxylic acids is 1. The number of ether oxygens (including phenoxy) is 1. The van der Waals surface area contributed by atoms with E-state index in [4.69, 9.17) is 4.74 Å². The van der Waals surface area contributed by atoms with Crippen molar-refractivity contribution in [2.75, 3.05) is 44.3 Å². The molecule has 25 heavy (non-hydrogen) atoms. The molecule has 0 bridgehead atoms. The average Bonchev–Trinajstić information content (AvgIpc) is 3.01. The number of thiazole rings is 1. The van der Waals surface area contributed by atoms with Crippen molar-refractivity contribution < 1.29 is 13.9 Å². The highest BCUT2D eigenvalue weighted by Crippen LogP contribution is 2.30. The average molecular weight is 388 g/mol. The van der Waals surface area contributed by atoms with Crippen LogP contribution >= 0.6 is 23.7 Å². The molecule has 1 saturated heterocycles. The Morgan fingerprint density at radius 3 is 2.84 bits per heavy atom. The van der Waals surface area contributed by atoms with Gasteiger partial charge in [-0.3, -0.25) is 14.6 Å². The zero-order chi connectivity index (χ0) is 16.9. The first-order valence-electron chi connectivity index (χ1n) is 8.34. The molecule has 2 aromatic rings. The van der Waals surface area contributed by atoms with E-state index < -0.39 is 0 Å². The Balaban J connectivity index is 0.00000225. The first kappa shape index (κ1) is 20.0. The molecule has 2 heterocycles. The van der Waals surface area contributed by atoms with Gasteiger partial charge in [0.2, 0.25) is 5.91 Å². The smallest absolute Gasteiger partial charge is 0.228 e. The molecular formula is C17H23ClFN3O2S. The van der Waals surface area contributed by atoms with Crippen molar-refractivity contribution in [1.29, 1.82) is 0 Å². The molecule has 1 aromatic heterocycles. The molecule has 0 atom stereocenters. The van der Waals surface area contributed by atoms with Gasteiger partial charge in [-0.2, -0.15) is 0 Å². The lowest BCUT2D eigenvalue weighted by Gasteiger charge is -2.29. The van der Waals surface area contributed by atoms with E-state index in [0.29, 0.717) is 23.6 Å². The number of nitrogens with zero attached hydrogens (tertiary/aromatic N) is 3. The molecular weight excluding hydrogens is 365 g/mol. The van der Waals surface area contributed by atoms with Crippen molar-refractivity contribution in [3.05, 3.63) is 24.0 Å². The predicted octanol–water partition coefficient (Wildman–Crippen LogP) is 3.32. The van der Waals surface area contributed by atoms with E-state index in [0.717, 1.165) is 44.0 Å². The number of morpholine rings is 1. The summed E-state index contributed by atoms with van der Waals surface area (Å²) in [4.78, 5) is 20.9. The van der Waals surface area contributed by atoms with Crippen LogP contribution in [-0.4, -0.2) is 55.2 Å². The van der Waals surface area contributed by atoms with E-state index in [1.807, 2.05) is 13.0 Å². The van der Waals surface area contributed by atoms with E-state index in [2.05, 4.69) is 9.88 Å². The summed E-state index contributed by atoms with van der Waals surface area (Å²) in [6, 6.07) is 4.91. The van der Waals surface area contributed by atoms with Gasteiger partial charge < -0.3 is 4.74 Å². The minimum Gasteiger partial charge on any atom is -0.379 e. The maximum atomic E-state index is 13.9. The number of hydrogen-bond acceptors (Lipinski definition) is 5. The second-order valence-electron chi connectivity index (χ2n) is 5.83. The van der Waals surface area contributed by atoms with E-state index >= 15 is 0 Å². The Hall–Kier alpha value is -1.28. The normalized spacial score (nSPS) is 15.1. The maximum Gasteiger partial charge on any atom is 0.228 e. The highest BCUT2D eigenvalue weighted by molar-refractivity contribution is 7.22.